The highest BCUT2D eigenvalue weighted by atomic mass is 15.2. The number of anilines is 3. The highest BCUT2D eigenvalue weighted by molar-refractivity contribution is 6.12. The lowest BCUT2D eigenvalue weighted by atomic mass is 9.73. The second-order valence-electron chi connectivity index (χ2n) is 15.1. The van der Waals surface area contributed by atoms with Crippen LogP contribution in [0.3, 0.4) is 0 Å². The monoisotopic (exact) mass is 630 g/mol. The maximum atomic E-state index is 2.50. The molecular formula is C47H38N2. The van der Waals surface area contributed by atoms with Crippen LogP contribution in [0.15, 0.2) is 140 Å². The third kappa shape index (κ3) is 3.77. The molecule has 2 aliphatic rings. The molecule has 2 heterocycles. The Balaban J connectivity index is 1.15. The first-order chi connectivity index (χ1) is 23.7. The number of hydrogen-bond acceptors (Lipinski definition) is 1. The minimum Gasteiger partial charge on any atom is -0.344 e. The van der Waals surface area contributed by atoms with E-state index >= 15 is 0 Å². The van der Waals surface area contributed by atoms with Crippen LogP contribution < -0.4 is 4.90 Å². The molecule has 0 amide bonds. The molecule has 0 unspecified atom stereocenters. The van der Waals surface area contributed by atoms with E-state index in [1.165, 1.54) is 94.1 Å². The van der Waals surface area contributed by atoms with Crippen molar-refractivity contribution < 1.29 is 0 Å². The second-order valence-corrected chi connectivity index (χ2v) is 15.1. The molecule has 1 aromatic heterocycles. The minimum absolute atomic E-state index is 0.0815. The molecule has 0 N–H and O–H groups in total. The molecule has 10 rings (SSSR count). The Morgan fingerprint density at radius 3 is 1.84 bits per heavy atom. The van der Waals surface area contributed by atoms with Gasteiger partial charge in [-0.3, -0.25) is 0 Å². The number of nitrogens with zero attached hydrogens (tertiary/aromatic N) is 2. The average molecular weight is 631 g/mol. The highest BCUT2D eigenvalue weighted by Gasteiger charge is 2.38. The molecule has 0 saturated heterocycles. The predicted molar refractivity (Wildman–Crippen MR) is 208 cm³/mol. The Hall–Kier alpha value is -5.60. The second kappa shape index (κ2) is 9.74. The predicted octanol–water partition coefficient (Wildman–Crippen LogP) is 12.6. The van der Waals surface area contributed by atoms with Crippen molar-refractivity contribution in [2.45, 2.75) is 38.5 Å². The number of benzene rings is 7. The Morgan fingerprint density at radius 1 is 0.429 bits per heavy atom. The van der Waals surface area contributed by atoms with Crippen LogP contribution in [0.25, 0.3) is 54.8 Å². The van der Waals surface area contributed by atoms with Gasteiger partial charge in [-0.15, -0.1) is 0 Å². The number of para-hydroxylation sites is 2. The van der Waals surface area contributed by atoms with Crippen LogP contribution in [-0.4, -0.2) is 4.57 Å². The lowest BCUT2D eigenvalue weighted by Gasteiger charge is -2.42. The van der Waals surface area contributed by atoms with Crippen molar-refractivity contribution in [1.29, 1.82) is 0 Å². The molecule has 1 aliphatic heterocycles. The minimum atomic E-state index is -0.129. The van der Waals surface area contributed by atoms with Gasteiger partial charge in [-0.25, -0.2) is 0 Å². The fraction of sp³-hybridized carbons (Fsp3) is 0.149. The Labute approximate surface area is 287 Å². The smallest absolute Gasteiger partial charge is 0.0502 e. The molecule has 0 radical (unpaired) electrons. The zero-order valence-electron chi connectivity index (χ0n) is 28.7. The first-order valence-electron chi connectivity index (χ1n) is 17.4. The van der Waals surface area contributed by atoms with E-state index in [1.54, 1.807) is 0 Å². The van der Waals surface area contributed by atoms with Crippen molar-refractivity contribution in [2.75, 3.05) is 4.90 Å². The molecular weight excluding hydrogens is 593 g/mol. The van der Waals surface area contributed by atoms with Crippen LogP contribution >= 0.6 is 0 Å². The molecule has 2 nitrogen and oxygen atoms in total. The van der Waals surface area contributed by atoms with Crippen molar-refractivity contribution >= 4 is 49.6 Å². The lowest BCUT2D eigenvalue weighted by molar-refractivity contribution is 0.632. The van der Waals surface area contributed by atoms with E-state index in [0.717, 1.165) is 0 Å². The summed E-state index contributed by atoms with van der Waals surface area (Å²) in [6.45, 7) is 9.50. The highest BCUT2D eigenvalue weighted by Crippen LogP contribution is 2.54. The summed E-state index contributed by atoms with van der Waals surface area (Å²) in [5, 5.41) is 5.18. The maximum absolute atomic E-state index is 2.50. The first kappa shape index (κ1) is 28.4. The first-order valence-corrected chi connectivity index (χ1v) is 17.4. The number of aryl methyl sites for hydroxylation is 1. The van der Waals surface area contributed by atoms with Gasteiger partial charge in [-0.2, -0.15) is 0 Å². The molecule has 0 atom stereocenters. The van der Waals surface area contributed by atoms with E-state index in [9.17, 15) is 0 Å². The van der Waals surface area contributed by atoms with Gasteiger partial charge in [0.15, 0.2) is 0 Å². The zero-order valence-corrected chi connectivity index (χ0v) is 28.7. The maximum Gasteiger partial charge on any atom is 0.0502 e. The number of fused-ring (bicyclic) bond motifs is 9. The fourth-order valence-corrected chi connectivity index (χ4v) is 9.16. The molecule has 236 valence electrons. The van der Waals surface area contributed by atoms with Crippen molar-refractivity contribution in [3.8, 4) is 22.3 Å². The van der Waals surface area contributed by atoms with Crippen molar-refractivity contribution in [2.24, 2.45) is 7.05 Å². The molecule has 0 fully saturated rings. The standard InChI is InChI=1S/C47H38N2/c1-46(2)38-17-8-10-19-43(38)49(44-20-11-9-18-39(44)46)31-22-24-42-36(26-31)37-27-41-35(28-45(37)48(42)5)34-23-21-30(25-40(34)47(41,3)4)33-16-12-14-29-13-6-7-15-32(29)33/h6-28H,1-5H3. The zero-order chi connectivity index (χ0) is 33.2. The van der Waals surface area contributed by atoms with Gasteiger partial charge in [-0.05, 0) is 104 Å². The molecule has 0 spiro atoms. The van der Waals surface area contributed by atoms with Gasteiger partial charge in [0.1, 0.15) is 0 Å². The topological polar surface area (TPSA) is 8.17 Å². The summed E-state index contributed by atoms with van der Waals surface area (Å²) in [5.41, 5.74) is 16.8. The van der Waals surface area contributed by atoms with E-state index in [4.69, 9.17) is 0 Å². The summed E-state index contributed by atoms with van der Waals surface area (Å²) < 4.78 is 2.38. The Morgan fingerprint density at radius 2 is 1.06 bits per heavy atom. The summed E-state index contributed by atoms with van der Waals surface area (Å²) in [6, 6.07) is 52.3. The third-order valence-electron chi connectivity index (χ3n) is 11.8. The largest absolute Gasteiger partial charge is 0.344 e. The van der Waals surface area contributed by atoms with Gasteiger partial charge in [0.2, 0.25) is 0 Å². The molecule has 49 heavy (non-hydrogen) atoms. The van der Waals surface area contributed by atoms with E-state index in [0.29, 0.717) is 0 Å². The van der Waals surface area contributed by atoms with Crippen LogP contribution in [0.1, 0.15) is 49.9 Å². The van der Waals surface area contributed by atoms with Gasteiger partial charge >= 0.3 is 0 Å². The van der Waals surface area contributed by atoms with Gasteiger partial charge < -0.3 is 9.47 Å². The molecule has 8 aromatic rings. The number of hydrogen-bond donors (Lipinski definition) is 0. The van der Waals surface area contributed by atoms with Crippen LogP contribution in [0.4, 0.5) is 17.1 Å². The average Bonchev–Trinajstić information content (AvgIpc) is 3.52. The molecule has 2 heteroatoms. The molecule has 1 aliphatic carbocycles. The number of rotatable bonds is 2. The summed E-state index contributed by atoms with van der Waals surface area (Å²) in [6.07, 6.45) is 0. The number of aromatic nitrogens is 1. The van der Waals surface area contributed by atoms with Gasteiger partial charge in [-0.1, -0.05) is 119 Å². The molecule has 0 bridgehead atoms. The summed E-state index contributed by atoms with van der Waals surface area (Å²) in [7, 11) is 2.22. The summed E-state index contributed by atoms with van der Waals surface area (Å²) in [4.78, 5) is 2.47. The van der Waals surface area contributed by atoms with Gasteiger partial charge in [0.05, 0.1) is 11.4 Å². The quantitative estimate of drug-likeness (QED) is 0.184. The SMILES string of the molecule is Cn1c2ccc(N3c4ccccc4C(C)(C)c4ccccc43)cc2c2cc3c(cc21)-c1ccc(-c2cccc4ccccc24)cc1C3(C)C. The van der Waals surface area contributed by atoms with Gasteiger partial charge in [0, 0.05) is 45.4 Å². The Bertz CT molecular complexity index is 2630. The van der Waals surface area contributed by atoms with Gasteiger partial charge in [0.25, 0.3) is 0 Å². The molecule has 0 saturated carbocycles. The summed E-state index contributed by atoms with van der Waals surface area (Å²) >= 11 is 0. The van der Waals surface area contributed by atoms with Crippen LogP contribution in [0, 0.1) is 0 Å². The van der Waals surface area contributed by atoms with Crippen LogP contribution in [0.2, 0.25) is 0 Å². The van der Waals surface area contributed by atoms with E-state index in [-0.39, 0.29) is 10.8 Å². The normalized spacial score (nSPS) is 15.3. The molecule has 7 aromatic carbocycles. The fourth-order valence-electron chi connectivity index (χ4n) is 9.16. The lowest BCUT2D eigenvalue weighted by Crippen LogP contribution is -2.30. The van der Waals surface area contributed by atoms with E-state index < -0.39 is 0 Å². The Kier molecular flexibility index (Phi) is 5.65. The van der Waals surface area contributed by atoms with E-state index in [1.807, 2.05) is 0 Å². The summed E-state index contributed by atoms with van der Waals surface area (Å²) in [5.74, 6) is 0. The third-order valence-corrected chi connectivity index (χ3v) is 11.8. The van der Waals surface area contributed by atoms with Crippen molar-refractivity contribution in [1.82, 2.24) is 4.57 Å². The van der Waals surface area contributed by atoms with Crippen LogP contribution in [-0.2, 0) is 17.9 Å². The van der Waals surface area contributed by atoms with Crippen LogP contribution in [0.5, 0.6) is 0 Å². The van der Waals surface area contributed by atoms with Crippen molar-refractivity contribution in [3.05, 3.63) is 162 Å². The van der Waals surface area contributed by atoms with Crippen molar-refractivity contribution in [3.63, 3.8) is 0 Å². The van der Waals surface area contributed by atoms with E-state index in [2.05, 4.69) is 184 Å².